The number of benzene rings is 9. The Morgan fingerprint density at radius 2 is 1.02 bits per heavy atom. The van der Waals surface area contributed by atoms with Crippen LogP contribution in [0.4, 0.5) is 17.1 Å². The first-order chi connectivity index (χ1) is 29.7. The van der Waals surface area contributed by atoms with Crippen LogP contribution in [0.2, 0.25) is 0 Å². The molecule has 0 N–H and O–H groups in total. The quantitative estimate of drug-likeness (QED) is 0.175. The smallest absolute Gasteiger partial charge is 0.143 e. The molecule has 1 atom stereocenters. The summed E-state index contributed by atoms with van der Waals surface area (Å²) in [5.41, 5.74) is 19.5. The zero-order valence-corrected chi connectivity index (χ0v) is 32.7. The van der Waals surface area contributed by atoms with Crippen LogP contribution in [-0.4, -0.2) is 0 Å². The van der Waals surface area contributed by atoms with Crippen LogP contribution < -0.4 is 4.90 Å². The van der Waals surface area contributed by atoms with Crippen molar-refractivity contribution in [2.75, 3.05) is 4.90 Å². The normalized spacial score (nSPS) is 15.3. The van der Waals surface area contributed by atoms with Crippen molar-refractivity contribution in [3.63, 3.8) is 0 Å². The lowest BCUT2D eigenvalue weighted by Gasteiger charge is -2.29. The lowest BCUT2D eigenvalue weighted by molar-refractivity contribution is 0.626. The Morgan fingerprint density at radius 3 is 1.90 bits per heavy atom. The molecule has 11 aromatic rings. The van der Waals surface area contributed by atoms with Gasteiger partial charge >= 0.3 is 0 Å². The molecule has 0 bridgehead atoms. The first-order valence-corrected chi connectivity index (χ1v) is 20.9. The largest absolute Gasteiger partial charge is 0.456 e. The van der Waals surface area contributed by atoms with E-state index in [1.54, 1.807) is 0 Å². The highest BCUT2D eigenvalue weighted by Gasteiger charge is 2.48. The Labute approximate surface area is 347 Å². The molecule has 2 aliphatic rings. The van der Waals surface area contributed by atoms with Gasteiger partial charge in [0.2, 0.25) is 0 Å². The standard InChI is InChI=1S/C57H37NO2/c1-6-20-47-37(13-1)33-34-57(47)48-21-7-2-14-40(48)41-32-29-38(35-49(41)57)36-27-30-39(31-28-36)58(51-23-12-26-54-55(51)46-17-5-10-25-53(46)59-54)50-22-8-3-15-42(50)44-18-11-19-45-43-16-4-9-24-52(43)60-56(44)45/h1-32,35H,33-34H2. The predicted octanol–water partition coefficient (Wildman–Crippen LogP) is 15.6. The van der Waals surface area contributed by atoms with Crippen molar-refractivity contribution >= 4 is 60.9 Å². The summed E-state index contributed by atoms with van der Waals surface area (Å²) in [7, 11) is 0. The summed E-state index contributed by atoms with van der Waals surface area (Å²) in [6.45, 7) is 0. The van der Waals surface area contributed by atoms with Gasteiger partial charge in [-0.3, -0.25) is 0 Å². The van der Waals surface area contributed by atoms with Crippen LogP contribution in [0, 0.1) is 0 Å². The molecule has 2 heterocycles. The molecule has 3 nitrogen and oxygen atoms in total. The molecular formula is C57H37NO2. The molecule has 2 aromatic heterocycles. The Hall–Kier alpha value is -7.62. The van der Waals surface area contributed by atoms with E-state index in [0.29, 0.717) is 0 Å². The molecule has 13 rings (SSSR count). The Bertz CT molecular complexity index is 3510. The number of hydrogen-bond acceptors (Lipinski definition) is 3. The minimum Gasteiger partial charge on any atom is -0.456 e. The minimum atomic E-state index is -0.131. The number of hydrogen-bond donors (Lipinski definition) is 0. The molecule has 1 unspecified atom stereocenters. The van der Waals surface area contributed by atoms with Crippen LogP contribution in [0.15, 0.2) is 209 Å². The van der Waals surface area contributed by atoms with Crippen molar-refractivity contribution < 1.29 is 8.83 Å². The first kappa shape index (κ1) is 33.4. The summed E-state index contributed by atoms with van der Waals surface area (Å²) < 4.78 is 13.1. The molecular weight excluding hydrogens is 731 g/mol. The van der Waals surface area contributed by atoms with E-state index >= 15 is 0 Å². The zero-order chi connectivity index (χ0) is 39.4. The van der Waals surface area contributed by atoms with Crippen LogP contribution in [-0.2, 0) is 11.8 Å². The third-order valence-electron chi connectivity index (χ3n) is 13.3. The Balaban J connectivity index is 0.993. The van der Waals surface area contributed by atoms with E-state index in [-0.39, 0.29) is 5.41 Å². The topological polar surface area (TPSA) is 29.5 Å². The van der Waals surface area contributed by atoms with Gasteiger partial charge in [0.25, 0.3) is 0 Å². The van der Waals surface area contributed by atoms with E-state index in [1.807, 2.05) is 12.1 Å². The van der Waals surface area contributed by atoms with E-state index in [9.17, 15) is 0 Å². The number of furan rings is 2. The summed E-state index contributed by atoms with van der Waals surface area (Å²) in [5, 5.41) is 4.39. The molecule has 0 saturated heterocycles. The lowest BCUT2D eigenvalue weighted by atomic mass is 9.73. The molecule has 0 radical (unpaired) electrons. The second-order valence-corrected chi connectivity index (χ2v) is 16.3. The van der Waals surface area contributed by atoms with E-state index in [2.05, 4.69) is 193 Å². The molecule has 0 aliphatic heterocycles. The number of nitrogens with zero attached hydrogens (tertiary/aromatic N) is 1. The molecule has 9 aromatic carbocycles. The maximum absolute atomic E-state index is 6.64. The number of fused-ring (bicyclic) bond motifs is 13. The Morgan fingerprint density at radius 1 is 0.400 bits per heavy atom. The SMILES string of the molecule is c1ccc2c(c1)CCC21c2ccccc2-c2ccc(-c3ccc(N(c4ccccc4-c4cccc5c4oc4ccccc45)c4cccc5oc6ccccc6c45)cc3)cc21. The molecule has 3 heteroatoms. The first-order valence-electron chi connectivity index (χ1n) is 20.9. The summed E-state index contributed by atoms with van der Waals surface area (Å²) >= 11 is 0. The third-order valence-corrected chi connectivity index (χ3v) is 13.3. The number of rotatable bonds is 5. The van der Waals surface area contributed by atoms with E-state index in [0.717, 1.165) is 84.9 Å². The maximum atomic E-state index is 6.64. The van der Waals surface area contributed by atoms with Gasteiger partial charge in [0, 0.05) is 38.4 Å². The molecule has 60 heavy (non-hydrogen) atoms. The van der Waals surface area contributed by atoms with Gasteiger partial charge in [-0.25, -0.2) is 0 Å². The molecule has 2 aliphatic carbocycles. The van der Waals surface area contributed by atoms with Crippen LogP contribution in [0.1, 0.15) is 28.7 Å². The maximum Gasteiger partial charge on any atom is 0.143 e. The average molecular weight is 768 g/mol. The van der Waals surface area contributed by atoms with Gasteiger partial charge in [0.1, 0.15) is 22.3 Å². The lowest BCUT2D eigenvalue weighted by Crippen LogP contribution is -2.23. The van der Waals surface area contributed by atoms with Crippen molar-refractivity contribution in [1.82, 2.24) is 0 Å². The van der Waals surface area contributed by atoms with Crippen molar-refractivity contribution in [1.29, 1.82) is 0 Å². The van der Waals surface area contributed by atoms with Gasteiger partial charge < -0.3 is 13.7 Å². The molecule has 282 valence electrons. The fourth-order valence-electron chi connectivity index (χ4n) is 10.7. The molecule has 0 saturated carbocycles. The fraction of sp³-hybridized carbons (Fsp3) is 0.0526. The van der Waals surface area contributed by atoms with Gasteiger partial charge in [0.05, 0.1) is 16.8 Å². The van der Waals surface area contributed by atoms with Gasteiger partial charge in [-0.05, 0) is 106 Å². The average Bonchev–Trinajstić information content (AvgIpc) is 4.07. The van der Waals surface area contributed by atoms with Crippen molar-refractivity contribution in [3.05, 3.63) is 222 Å². The highest BCUT2D eigenvalue weighted by Crippen LogP contribution is 2.59. The minimum absolute atomic E-state index is 0.131. The van der Waals surface area contributed by atoms with Crippen molar-refractivity contribution in [2.45, 2.75) is 18.3 Å². The second kappa shape index (κ2) is 12.7. The Kier molecular flexibility index (Phi) is 7.06. The highest BCUT2D eigenvalue weighted by atomic mass is 16.3. The highest BCUT2D eigenvalue weighted by molar-refractivity contribution is 6.15. The van der Waals surface area contributed by atoms with Gasteiger partial charge in [-0.1, -0.05) is 152 Å². The third kappa shape index (κ3) is 4.66. The van der Waals surface area contributed by atoms with E-state index in [4.69, 9.17) is 8.83 Å². The van der Waals surface area contributed by atoms with E-state index in [1.165, 1.54) is 44.5 Å². The molecule has 0 amide bonds. The van der Waals surface area contributed by atoms with Crippen LogP contribution in [0.25, 0.3) is 77.3 Å². The number of anilines is 3. The number of para-hydroxylation sites is 4. The summed E-state index contributed by atoms with van der Waals surface area (Å²) in [6, 6.07) is 72.6. The van der Waals surface area contributed by atoms with Gasteiger partial charge in [0.15, 0.2) is 0 Å². The van der Waals surface area contributed by atoms with E-state index < -0.39 is 0 Å². The van der Waals surface area contributed by atoms with Crippen LogP contribution in [0.5, 0.6) is 0 Å². The summed E-state index contributed by atoms with van der Waals surface area (Å²) in [6.07, 6.45) is 2.17. The molecule has 1 spiro atoms. The fourth-order valence-corrected chi connectivity index (χ4v) is 10.7. The van der Waals surface area contributed by atoms with Gasteiger partial charge in [-0.2, -0.15) is 0 Å². The van der Waals surface area contributed by atoms with Crippen molar-refractivity contribution in [3.8, 4) is 33.4 Å². The summed E-state index contributed by atoms with van der Waals surface area (Å²) in [4.78, 5) is 2.40. The van der Waals surface area contributed by atoms with Crippen molar-refractivity contribution in [2.24, 2.45) is 0 Å². The monoisotopic (exact) mass is 767 g/mol. The second-order valence-electron chi connectivity index (χ2n) is 16.3. The van der Waals surface area contributed by atoms with Gasteiger partial charge in [-0.15, -0.1) is 0 Å². The predicted molar refractivity (Wildman–Crippen MR) is 247 cm³/mol. The molecule has 0 fully saturated rings. The number of aryl methyl sites for hydroxylation is 1. The van der Waals surface area contributed by atoms with Crippen LogP contribution in [0.3, 0.4) is 0 Å². The van der Waals surface area contributed by atoms with Crippen LogP contribution >= 0.6 is 0 Å². The summed E-state index contributed by atoms with van der Waals surface area (Å²) in [5.74, 6) is 0. The zero-order valence-electron chi connectivity index (χ0n) is 32.7.